The minimum absolute atomic E-state index is 0.778. The van der Waals surface area contributed by atoms with Gasteiger partial charge in [-0.15, -0.1) is 0 Å². The summed E-state index contributed by atoms with van der Waals surface area (Å²) in [5.74, 6) is -1.19. The average Bonchev–Trinajstić information content (AvgIpc) is 1.65. The van der Waals surface area contributed by atoms with Gasteiger partial charge in [-0.2, -0.15) is 0 Å². The van der Waals surface area contributed by atoms with Gasteiger partial charge >= 0.3 is 37.6 Å². The number of carbonyl (C=O) groups is 1. The molecule has 0 fully saturated rings. The molecule has 0 radical (unpaired) electrons. The van der Waals surface area contributed by atoms with Crippen LogP contribution in [0.3, 0.4) is 0 Å². The Morgan fingerprint density at radius 2 is 1.44 bits per heavy atom. The van der Waals surface area contributed by atoms with Gasteiger partial charge in [0.15, 0.2) is 0 Å². The first-order chi connectivity index (χ1) is 4.00. The molecule has 9 heavy (non-hydrogen) atoms. The van der Waals surface area contributed by atoms with Crippen LogP contribution in [0.25, 0.3) is 0 Å². The zero-order chi connectivity index (χ0) is 7.86. The van der Waals surface area contributed by atoms with Gasteiger partial charge in [0.25, 0.3) is 0 Å². The molecule has 0 saturated heterocycles. The number of aliphatic carboxylic acids is 1. The van der Waals surface area contributed by atoms with Gasteiger partial charge in [-0.25, -0.2) is 4.79 Å². The Hall–Kier alpha value is 0.128. The van der Waals surface area contributed by atoms with E-state index in [1.54, 1.807) is 0 Å². The Labute approximate surface area is 59.6 Å². The predicted octanol–water partition coefficient (Wildman–Crippen LogP) is -2.99. The summed E-state index contributed by atoms with van der Waals surface area (Å²) < 4.78 is 22.0. The number of rotatable bonds is 1. The van der Waals surface area contributed by atoms with Crippen molar-refractivity contribution in [2.75, 3.05) is 6.61 Å². The zero-order valence-corrected chi connectivity index (χ0v) is 6.85. The molecule has 0 unspecified atom stereocenters. The number of hydrogen-bond donors (Lipinski definition) is 5. The second-order valence-electron chi connectivity index (χ2n) is 0.820. The Bertz CT molecular complexity index is 68.7. The molecule has 0 amide bonds. The number of aliphatic hydroxyl groups is 1. The third kappa shape index (κ3) is 67.4. The van der Waals surface area contributed by atoms with Crippen LogP contribution in [0, 0.1) is 0 Å². The zero-order valence-electron chi connectivity index (χ0n) is 4.30. The molecule has 0 aliphatic carbocycles. The fourth-order valence-electron chi connectivity index (χ4n) is 0. The second kappa shape index (κ2) is 8.13. The second-order valence-corrected chi connectivity index (χ2v) is 2.35. The van der Waals surface area contributed by atoms with Crippen molar-refractivity contribution >= 4 is 27.4 Å². The molecule has 56 valence electrons. The number of carboxylic acid groups (broad SMARTS) is 1. The summed E-state index contributed by atoms with van der Waals surface area (Å²) in [6.45, 7) is -0.778. The fraction of sp³-hybridized carbons (Fsp3) is 0.500. The summed E-state index contributed by atoms with van der Waals surface area (Å²) in [6, 6.07) is 0. The van der Waals surface area contributed by atoms with Gasteiger partial charge in [0.1, 0.15) is 6.61 Å². The Kier molecular flexibility index (Phi) is 10.7. The van der Waals surface area contributed by atoms with E-state index < -0.39 is 34.0 Å². The van der Waals surface area contributed by atoms with Gasteiger partial charge in [-0.1, -0.05) is 0 Å². The number of hydrogen-bond acceptors (Lipinski definition) is 5. The molecule has 0 aliphatic heterocycles. The first-order valence-electron chi connectivity index (χ1n) is 1.70. The molecule has 0 aromatic rings. The summed E-state index contributed by atoms with van der Waals surface area (Å²) in [5.41, 5.74) is 0. The van der Waals surface area contributed by atoms with Crippen molar-refractivity contribution in [3.05, 3.63) is 0 Å². The van der Waals surface area contributed by atoms with E-state index in [-0.39, 0.29) is 0 Å². The van der Waals surface area contributed by atoms with Crippen LogP contribution in [0.1, 0.15) is 0 Å². The van der Waals surface area contributed by atoms with E-state index in [1.165, 1.54) is 0 Å². The summed E-state index contributed by atoms with van der Waals surface area (Å²) in [4.78, 5) is 9.12. The minimum atomic E-state index is -3.45. The summed E-state index contributed by atoms with van der Waals surface area (Å²) in [7, 11) is 0. The van der Waals surface area contributed by atoms with Crippen LogP contribution in [-0.4, -0.2) is 54.4 Å². The molecule has 0 aliphatic rings. The van der Waals surface area contributed by atoms with Crippen LogP contribution in [0.4, 0.5) is 0 Å². The van der Waals surface area contributed by atoms with Crippen LogP contribution in [0.15, 0.2) is 0 Å². The van der Waals surface area contributed by atoms with Crippen molar-refractivity contribution in [1.82, 2.24) is 0 Å². The van der Waals surface area contributed by atoms with Gasteiger partial charge in [0.2, 0.25) is 0 Å². The van der Waals surface area contributed by atoms with Gasteiger partial charge < -0.3 is 10.2 Å². The molecule has 0 atom stereocenters. The fourth-order valence-corrected chi connectivity index (χ4v) is 0. The normalized spacial score (nSPS) is 8.11. The van der Waals surface area contributed by atoms with E-state index in [9.17, 15) is 0 Å². The van der Waals surface area contributed by atoms with Crippen LogP contribution in [0.2, 0.25) is 0 Å². The van der Waals surface area contributed by atoms with Crippen LogP contribution >= 0.6 is 0 Å². The molecular formula is C2H7O6Sb. The topological polar surface area (TPSA) is 118 Å². The molecule has 6 nitrogen and oxygen atoms in total. The molecule has 7 heteroatoms. The van der Waals surface area contributed by atoms with Gasteiger partial charge in [0.05, 0.1) is 0 Å². The number of carboxylic acids is 1. The summed E-state index contributed by atoms with van der Waals surface area (Å²) >= 11 is -3.45. The molecular weight excluding hydrogens is 242 g/mol. The predicted molar refractivity (Wildman–Crippen MR) is 27.1 cm³/mol. The van der Waals surface area contributed by atoms with E-state index in [0.717, 1.165) is 0 Å². The maximum atomic E-state index is 9.12. The van der Waals surface area contributed by atoms with Crippen LogP contribution in [0.5, 0.6) is 0 Å². The monoisotopic (exact) mass is 248 g/mol. The van der Waals surface area contributed by atoms with Gasteiger partial charge in [-0.05, 0) is 0 Å². The maximum absolute atomic E-state index is 9.12. The van der Waals surface area contributed by atoms with E-state index in [4.69, 9.17) is 25.2 Å². The van der Waals surface area contributed by atoms with E-state index >= 15 is 0 Å². The molecule has 0 rings (SSSR count). The van der Waals surface area contributed by atoms with Gasteiger partial charge in [-0.3, -0.25) is 0 Å². The molecule has 0 spiro atoms. The average molecular weight is 249 g/mol. The quantitative estimate of drug-likeness (QED) is 0.316. The molecule has 0 bridgehead atoms. The third-order valence-corrected chi connectivity index (χ3v) is 0.135. The molecule has 5 N–H and O–H groups in total. The molecule has 0 heterocycles. The van der Waals surface area contributed by atoms with Crippen molar-refractivity contribution in [3.63, 3.8) is 0 Å². The Morgan fingerprint density at radius 3 is 1.44 bits per heavy atom. The first-order valence-corrected chi connectivity index (χ1v) is 5.12. The molecule has 0 saturated carbocycles. The third-order valence-electron chi connectivity index (χ3n) is 0.135. The van der Waals surface area contributed by atoms with Crippen LogP contribution < -0.4 is 0 Å². The van der Waals surface area contributed by atoms with Crippen molar-refractivity contribution in [2.24, 2.45) is 0 Å². The SMILES string of the molecule is O=C(O)CO.[OH][Sb]([OH])[OH]. The van der Waals surface area contributed by atoms with Crippen molar-refractivity contribution in [2.45, 2.75) is 0 Å². The Morgan fingerprint density at radius 1 is 1.33 bits per heavy atom. The summed E-state index contributed by atoms with van der Waals surface area (Å²) in [5, 5.41) is 15.0. The van der Waals surface area contributed by atoms with E-state index in [2.05, 4.69) is 0 Å². The molecule has 0 aromatic carbocycles. The standard InChI is InChI=1S/C2H4O3.3H2O.Sb/c3-1-2(4)5;;;;/h3H,1H2,(H,4,5);3*1H2;/q;;;;+3/p-3. The molecule has 0 aromatic heterocycles. The van der Waals surface area contributed by atoms with Crippen molar-refractivity contribution in [1.29, 1.82) is 0 Å². The van der Waals surface area contributed by atoms with Crippen molar-refractivity contribution in [3.8, 4) is 0 Å². The first kappa shape index (κ1) is 11.9. The number of aliphatic hydroxyl groups excluding tert-OH is 1. The van der Waals surface area contributed by atoms with E-state index in [0.29, 0.717) is 0 Å². The Balaban J connectivity index is 0. The van der Waals surface area contributed by atoms with Gasteiger partial charge in [0, 0.05) is 0 Å². The van der Waals surface area contributed by atoms with E-state index in [1.807, 2.05) is 0 Å². The van der Waals surface area contributed by atoms with Crippen molar-refractivity contribution < 1.29 is 25.2 Å². The summed E-state index contributed by atoms with van der Waals surface area (Å²) in [6.07, 6.45) is 0. The van der Waals surface area contributed by atoms with Crippen LogP contribution in [-0.2, 0) is 4.79 Å².